The summed E-state index contributed by atoms with van der Waals surface area (Å²) in [7, 11) is 1.80. The van der Waals surface area contributed by atoms with E-state index in [0.29, 0.717) is 16.6 Å². The molecule has 0 aliphatic rings. The van der Waals surface area contributed by atoms with Gasteiger partial charge in [-0.15, -0.1) is 5.10 Å². The van der Waals surface area contributed by atoms with Gasteiger partial charge in [-0.3, -0.25) is 14.3 Å². The molecule has 0 unspecified atom stereocenters. The van der Waals surface area contributed by atoms with Crippen molar-refractivity contribution in [1.82, 2.24) is 24.8 Å². The van der Waals surface area contributed by atoms with Crippen LogP contribution in [0.15, 0.2) is 29.1 Å². The highest BCUT2D eigenvalue weighted by molar-refractivity contribution is 5.91. The maximum atomic E-state index is 12.3. The van der Waals surface area contributed by atoms with Crippen LogP contribution in [0.25, 0.3) is 10.9 Å². The summed E-state index contributed by atoms with van der Waals surface area (Å²) in [6, 6.07) is 6.90. The van der Waals surface area contributed by atoms with Crippen LogP contribution in [-0.4, -0.2) is 30.7 Å². The highest BCUT2D eigenvalue weighted by atomic mass is 16.2. The highest BCUT2D eigenvalue weighted by Gasteiger charge is 2.14. The zero-order valence-electron chi connectivity index (χ0n) is 13.1. The number of nitrogens with zero attached hydrogens (tertiary/aromatic N) is 5. The molecule has 1 aromatic carbocycles. The maximum absolute atomic E-state index is 12.3. The second-order valence-corrected chi connectivity index (χ2v) is 5.29. The number of benzene rings is 1. The van der Waals surface area contributed by atoms with E-state index in [2.05, 4.69) is 20.7 Å². The van der Waals surface area contributed by atoms with Crippen molar-refractivity contribution >= 4 is 22.5 Å². The minimum absolute atomic E-state index is 0.204. The van der Waals surface area contributed by atoms with Crippen molar-refractivity contribution < 1.29 is 4.79 Å². The molecule has 0 atom stereocenters. The Balaban J connectivity index is 1.86. The molecule has 118 valence electrons. The van der Waals surface area contributed by atoms with Crippen LogP contribution in [0.5, 0.6) is 0 Å². The summed E-state index contributed by atoms with van der Waals surface area (Å²) in [5, 5.41) is 15.2. The third-order valence-corrected chi connectivity index (χ3v) is 3.70. The molecule has 0 spiro atoms. The van der Waals surface area contributed by atoms with Gasteiger partial charge >= 0.3 is 0 Å². The lowest BCUT2D eigenvalue weighted by Gasteiger charge is -2.07. The number of anilines is 1. The molecule has 0 aliphatic heterocycles. The average molecular weight is 312 g/mol. The van der Waals surface area contributed by atoms with Gasteiger partial charge in [0.1, 0.15) is 12.1 Å². The van der Waals surface area contributed by atoms with Crippen LogP contribution in [0.1, 0.15) is 11.4 Å². The Kier molecular flexibility index (Phi) is 3.65. The fourth-order valence-electron chi connectivity index (χ4n) is 2.40. The Morgan fingerprint density at radius 1 is 1.26 bits per heavy atom. The number of aromatic nitrogens is 5. The molecule has 3 rings (SSSR count). The number of aryl methyl sites for hydroxylation is 2. The Labute approximate surface area is 131 Å². The molecule has 8 nitrogen and oxygen atoms in total. The van der Waals surface area contributed by atoms with Crippen molar-refractivity contribution in [3.05, 3.63) is 46.0 Å². The van der Waals surface area contributed by atoms with Gasteiger partial charge in [-0.25, -0.2) is 4.68 Å². The Morgan fingerprint density at radius 3 is 2.70 bits per heavy atom. The van der Waals surface area contributed by atoms with Crippen LogP contribution in [0.4, 0.5) is 5.69 Å². The Hall–Kier alpha value is -3.03. The molecular formula is C15H16N6O2. The SMILES string of the molecule is Cc1nn(C)c(C)c1NC(=O)Cn1nnc2ccccc2c1=O. The quantitative estimate of drug-likeness (QED) is 0.771. The molecule has 1 N–H and O–H groups in total. The summed E-state index contributed by atoms with van der Waals surface area (Å²) >= 11 is 0. The van der Waals surface area contributed by atoms with E-state index < -0.39 is 0 Å². The zero-order chi connectivity index (χ0) is 16.6. The molecule has 0 saturated carbocycles. The fraction of sp³-hybridized carbons (Fsp3) is 0.267. The number of nitrogens with one attached hydrogen (secondary N) is 1. The van der Waals surface area contributed by atoms with Crippen LogP contribution in [0, 0.1) is 13.8 Å². The molecule has 3 aromatic rings. The summed E-state index contributed by atoms with van der Waals surface area (Å²) in [6.07, 6.45) is 0. The minimum atomic E-state index is -0.351. The molecule has 23 heavy (non-hydrogen) atoms. The van der Waals surface area contributed by atoms with E-state index in [4.69, 9.17) is 0 Å². The molecule has 2 heterocycles. The number of hydrogen-bond donors (Lipinski definition) is 1. The van der Waals surface area contributed by atoms with Crippen molar-refractivity contribution in [3.8, 4) is 0 Å². The predicted molar refractivity (Wildman–Crippen MR) is 85.1 cm³/mol. The van der Waals surface area contributed by atoms with Gasteiger partial charge in [-0.05, 0) is 26.0 Å². The number of fused-ring (bicyclic) bond motifs is 1. The number of hydrogen-bond acceptors (Lipinski definition) is 5. The molecule has 0 radical (unpaired) electrons. The molecule has 0 saturated heterocycles. The first kappa shape index (κ1) is 14.9. The number of amides is 1. The summed E-state index contributed by atoms with van der Waals surface area (Å²) in [4.78, 5) is 24.5. The van der Waals surface area contributed by atoms with Gasteiger partial charge in [-0.1, -0.05) is 17.3 Å². The number of carbonyl (C=O) groups excluding carboxylic acids is 1. The van der Waals surface area contributed by atoms with Gasteiger partial charge in [0.25, 0.3) is 5.56 Å². The smallest absolute Gasteiger partial charge is 0.278 e. The van der Waals surface area contributed by atoms with Crippen molar-refractivity contribution in [3.63, 3.8) is 0 Å². The molecule has 8 heteroatoms. The molecule has 0 fully saturated rings. The third-order valence-electron chi connectivity index (χ3n) is 3.70. The summed E-state index contributed by atoms with van der Waals surface area (Å²) in [5.41, 5.74) is 2.38. The van der Waals surface area contributed by atoms with E-state index in [-0.39, 0.29) is 18.0 Å². The van der Waals surface area contributed by atoms with Crippen LogP contribution in [0.2, 0.25) is 0 Å². The maximum Gasteiger partial charge on any atom is 0.278 e. The largest absolute Gasteiger partial charge is 0.321 e. The molecule has 1 amide bonds. The van der Waals surface area contributed by atoms with E-state index in [1.165, 1.54) is 0 Å². The van der Waals surface area contributed by atoms with E-state index in [9.17, 15) is 9.59 Å². The lowest BCUT2D eigenvalue weighted by molar-refractivity contribution is -0.117. The van der Waals surface area contributed by atoms with E-state index in [0.717, 1.165) is 16.1 Å². The standard InChI is InChI=1S/C15H16N6O2/c1-9-14(10(2)20(3)18-9)16-13(22)8-21-15(23)11-6-4-5-7-12(11)17-19-21/h4-7H,8H2,1-3H3,(H,16,22). The Bertz CT molecular complexity index is 956. The van der Waals surface area contributed by atoms with Crippen LogP contribution < -0.4 is 10.9 Å². The first-order valence-corrected chi connectivity index (χ1v) is 7.10. The van der Waals surface area contributed by atoms with Crippen LogP contribution in [0.3, 0.4) is 0 Å². The van der Waals surface area contributed by atoms with E-state index >= 15 is 0 Å². The van der Waals surface area contributed by atoms with Gasteiger partial charge < -0.3 is 5.32 Å². The lowest BCUT2D eigenvalue weighted by Crippen LogP contribution is -2.30. The number of rotatable bonds is 3. The van der Waals surface area contributed by atoms with Crippen molar-refractivity contribution in [2.24, 2.45) is 7.05 Å². The third kappa shape index (κ3) is 2.70. The predicted octanol–water partition coefficient (Wildman–Crippen LogP) is 0.781. The van der Waals surface area contributed by atoms with E-state index in [1.54, 1.807) is 36.0 Å². The van der Waals surface area contributed by atoms with Gasteiger partial charge in [0.2, 0.25) is 5.91 Å². The monoisotopic (exact) mass is 312 g/mol. The highest BCUT2D eigenvalue weighted by Crippen LogP contribution is 2.18. The molecule has 0 bridgehead atoms. The van der Waals surface area contributed by atoms with Gasteiger partial charge in [-0.2, -0.15) is 5.10 Å². The zero-order valence-corrected chi connectivity index (χ0v) is 13.1. The summed E-state index contributed by atoms with van der Waals surface area (Å²) in [5.74, 6) is -0.351. The summed E-state index contributed by atoms with van der Waals surface area (Å²) in [6.45, 7) is 3.46. The molecule has 0 aliphatic carbocycles. The van der Waals surface area contributed by atoms with Gasteiger partial charge in [0, 0.05) is 7.05 Å². The van der Waals surface area contributed by atoms with Crippen molar-refractivity contribution in [1.29, 1.82) is 0 Å². The topological polar surface area (TPSA) is 94.7 Å². The minimum Gasteiger partial charge on any atom is -0.321 e. The van der Waals surface area contributed by atoms with Crippen LogP contribution in [-0.2, 0) is 18.4 Å². The van der Waals surface area contributed by atoms with Gasteiger partial charge in [0.05, 0.1) is 22.5 Å². The average Bonchev–Trinajstić information content (AvgIpc) is 2.77. The second kappa shape index (κ2) is 5.64. The van der Waals surface area contributed by atoms with Crippen LogP contribution >= 0.6 is 0 Å². The second-order valence-electron chi connectivity index (χ2n) is 5.29. The van der Waals surface area contributed by atoms with Gasteiger partial charge in [0.15, 0.2) is 0 Å². The van der Waals surface area contributed by atoms with Crippen molar-refractivity contribution in [2.45, 2.75) is 20.4 Å². The molecular weight excluding hydrogens is 296 g/mol. The normalized spacial score (nSPS) is 10.9. The lowest BCUT2D eigenvalue weighted by atomic mass is 10.2. The Morgan fingerprint density at radius 2 is 2.00 bits per heavy atom. The molecule has 2 aromatic heterocycles. The summed E-state index contributed by atoms with van der Waals surface area (Å²) < 4.78 is 2.74. The van der Waals surface area contributed by atoms with E-state index in [1.807, 2.05) is 13.8 Å². The fourth-order valence-corrected chi connectivity index (χ4v) is 2.40. The first-order chi connectivity index (χ1) is 11.0. The first-order valence-electron chi connectivity index (χ1n) is 7.10. The number of carbonyl (C=O) groups is 1. The van der Waals surface area contributed by atoms with Crippen molar-refractivity contribution in [2.75, 3.05) is 5.32 Å².